The van der Waals surface area contributed by atoms with Gasteiger partial charge in [-0.05, 0) is 40.8 Å². The van der Waals surface area contributed by atoms with Crippen LogP contribution < -0.4 is 0 Å². The molecule has 2 nitrogen and oxygen atoms in total. The molecule has 14 heavy (non-hydrogen) atoms. The van der Waals surface area contributed by atoms with Crippen molar-refractivity contribution in [1.29, 1.82) is 0 Å². The first-order chi connectivity index (χ1) is 6.66. The summed E-state index contributed by atoms with van der Waals surface area (Å²) in [6.45, 7) is 0. The first-order valence-corrected chi connectivity index (χ1v) is 5.88. The van der Waals surface area contributed by atoms with Crippen LogP contribution in [0.15, 0.2) is 18.2 Å². The van der Waals surface area contributed by atoms with Crippen molar-refractivity contribution in [3.8, 4) is 10.6 Å². The molecule has 0 fully saturated rings. The minimum absolute atomic E-state index is 0.332. The quantitative estimate of drug-likeness (QED) is 0.741. The SMILES string of the molecule is Fc1ccc(Cl)cc1-c1nnc(I)s1. The summed E-state index contributed by atoms with van der Waals surface area (Å²) in [5, 5.41) is 8.70. The van der Waals surface area contributed by atoms with Crippen LogP contribution in [0, 0.1) is 8.83 Å². The number of rotatable bonds is 1. The van der Waals surface area contributed by atoms with E-state index < -0.39 is 0 Å². The highest BCUT2D eigenvalue weighted by molar-refractivity contribution is 14.1. The van der Waals surface area contributed by atoms with Crippen molar-refractivity contribution >= 4 is 45.5 Å². The number of hydrogen-bond donors (Lipinski definition) is 0. The van der Waals surface area contributed by atoms with Gasteiger partial charge in [-0.1, -0.05) is 22.9 Å². The predicted octanol–water partition coefficient (Wildman–Crippen LogP) is 3.60. The molecule has 0 aliphatic heterocycles. The first-order valence-electron chi connectivity index (χ1n) is 3.61. The number of nitrogens with zero attached hydrogens (tertiary/aromatic N) is 2. The van der Waals surface area contributed by atoms with Crippen molar-refractivity contribution in [2.24, 2.45) is 0 Å². The summed E-state index contributed by atoms with van der Waals surface area (Å²) >= 11 is 9.13. The molecule has 0 aliphatic rings. The van der Waals surface area contributed by atoms with E-state index in [4.69, 9.17) is 11.6 Å². The molecule has 2 aromatic rings. The Kier molecular flexibility index (Phi) is 2.99. The molecule has 0 spiro atoms. The van der Waals surface area contributed by atoms with Crippen LogP contribution >= 0.6 is 45.5 Å². The molecule has 0 bridgehead atoms. The third kappa shape index (κ3) is 2.04. The van der Waals surface area contributed by atoms with Crippen molar-refractivity contribution in [1.82, 2.24) is 10.2 Å². The fourth-order valence-corrected chi connectivity index (χ4v) is 2.47. The lowest BCUT2D eigenvalue weighted by atomic mass is 10.2. The normalized spacial score (nSPS) is 10.5. The number of aromatic nitrogens is 2. The van der Waals surface area contributed by atoms with E-state index in [1.54, 1.807) is 6.07 Å². The Balaban J connectivity index is 2.55. The molecule has 0 N–H and O–H groups in total. The van der Waals surface area contributed by atoms with Gasteiger partial charge in [-0.15, -0.1) is 10.2 Å². The summed E-state index contributed by atoms with van der Waals surface area (Å²) in [7, 11) is 0. The smallest absolute Gasteiger partial charge is 0.178 e. The van der Waals surface area contributed by atoms with Crippen LogP contribution in [0.5, 0.6) is 0 Å². The third-order valence-electron chi connectivity index (χ3n) is 1.56. The van der Waals surface area contributed by atoms with Crippen LogP contribution in [-0.2, 0) is 0 Å². The molecule has 0 saturated heterocycles. The van der Waals surface area contributed by atoms with Crippen molar-refractivity contribution < 1.29 is 4.39 Å². The lowest BCUT2D eigenvalue weighted by molar-refractivity contribution is 0.631. The molecule has 0 aliphatic carbocycles. The van der Waals surface area contributed by atoms with Crippen molar-refractivity contribution in [2.45, 2.75) is 0 Å². The highest BCUT2D eigenvalue weighted by Crippen LogP contribution is 2.28. The van der Waals surface area contributed by atoms with E-state index >= 15 is 0 Å². The van der Waals surface area contributed by atoms with Gasteiger partial charge in [0.15, 0.2) is 8.02 Å². The highest BCUT2D eigenvalue weighted by Gasteiger charge is 2.10. The lowest BCUT2D eigenvalue weighted by Gasteiger charge is -1.97. The average molecular weight is 341 g/mol. The summed E-state index contributed by atoms with van der Waals surface area (Å²) in [5.41, 5.74) is 0.401. The van der Waals surface area contributed by atoms with Gasteiger partial charge in [-0.3, -0.25) is 0 Å². The standard InChI is InChI=1S/C8H3ClFIN2S/c9-4-1-2-6(10)5(3-4)7-12-13-8(11)14-7/h1-3H. The Hall–Kier alpha value is -0.270. The molecule has 6 heteroatoms. The maximum Gasteiger partial charge on any atom is 0.178 e. The molecule has 1 heterocycles. The minimum Gasteiger partial charge on any atom is -0.206 e. The van der Waals surface area contributed by atoms with Gasteiger partial charge in [0.2, 0.25) is 0 Å². The van der Waals surface area contributed by atoms with Crippen molar-refractivity contribution in [3.63, 3.8) is 0 Å². The van der Waals surface area contributed by atoms with Gasteiger partial charge in [0.25, 0.3) is 0 Å². The van der Waals surface area contributed by atoms with E-state index in [1.165, 1.54) is 23.5 Å². The predicted molar refractivity (Wildman–Crippen MR) is 63.0 cm³/mol. The Morgan fingerprint density at radius 1 is 1.36 bits per heavy atom. The summed E-state index contributed by atoms with van der Waals surface area (Å²) in [6, 6.07) is 4.38. The van der Waals surface area contributed by atoms with Gasteiger partial charge in [-0.2, -0.15) is 0 Å². The maximum absolute atomic E-state index is 13.3. The lowest BCUT2D eigenvalue weighted by Crippen LogP contribution is -1.83. The average Bonchev–Trinajstić information content (AvgIpc) is 2.56. The van der Waals surface area contributed by atoms with E-state index in [0.717, 1.165) is 3.01 Å². The van der Waals surface area contributed by atoms with Crippen LogP contribution in [0.2, 0.25) is 5.02 Å². The minimum atomic E-state index is -0.332. The topological polar surface area (TPSA) is 25.8 Å². The van der Waals surface area contributed by atoms with E-state index in [-0.39, 0.29) is 5.82 Å². The molecule has 1 aromatic heterocycles. The van der Waals surface area contributed by atoms with Gasteiger partial charge < -0.3 is 0 Å². The Morgan fingerprint density at radius 3 is 2.79 bits per heavy atom. The number of hydrogen-bond acceptors (Lipinski definition) is 3. The number of benzene rings is 1. The van der Waals surface area contributed by atoms with Crippen LogP contribution in [0.25, 0.3) is 10.6 Å². The second-order valence-electron chi connectivity index (χ2n) is 2.48. The first kappa shape index (κ1) is 10.3. The van der Waals surface area contributed by atoms with Crippen LogP contribution in [0.4, 0.5) is 4.39 Å². The summed E-state index contributed by atoms with van der Waals surface area (Å²) < 4.78 is 14.1. The molecule has 0 atom stereocenters. The summed E-state index contributed by atoms with van der Waals surface area (Å²) in [4.78, 5) is 0. The molecular weight excluding hydrogens is 338 g/mol. The molecule has 2 rings (SSSR count). The molecule has 0 radical (unpaired) electrons. The monoisotopic (exact) mass is 340 g/mol. The molecular formula is C8H3ClFIN2S. The Labute approximate surface area is 102 Å². The zero-order valence-electron chi connectivity index (χ0n) is 6.67. The zero-order valence-corrected chi connectivity index (χ0v) is 10.4. The van der Waals surface area contributed by atoms with Crippen LogP contribution in [0.3, 0.4) is 0 Å². The van der Waals surface area contributed by atoms with Crippen LogP contribution in [0.1, 0.15) is 0 Å². The number of halogens is 3. The Morgan fingerprint density at radius 2 is 2.14 bits per heavy atom. The second-order valence-corrected chi connectivity index (χ2v) is 5.65. The van der Waals surface area contributed by atoms with E-state index in [2.05, 4.69) is 10.2 Å². The fourth-order valence-electron chi connectivity index (χ4n) is 0.976. The molecule has 0 saturated carbocycles. The van der Waals surface area contributed by atoms with E-state index in [0.29, 0.717) is 15.6 Å². The molecule has 72 valence electrons. The van der Waals surface area contributed by atoms with Gasteiger partial charge in [0, 0.05) is 10.6 Å². The third-order valence-corrected chi connectivity index (χ3v) is 3.42. The zero-order chi connectivity index (χ0) is 10.1. The van der Waals surface area contributed by atoms with E-state index in [1.807, 2.05) is 22.6 Å². The highest BCUT2D eigenvalue weighted by atomic mass is 127. The summed E-state index contributed by atoms with van der Waals surface area (Å²) in [5.74, 6) is -0.332. The fraction of sp³-hybridized carbons (Fsp3) is 0. The van der Waals surface area contributed by atoms with Gasteiger partial charge >= 0.3 is 0 Å². The van der Waals surface area contributed by atoms with Crippen molar-refractivity contribution in [2.75, 3.05) is 0 Å². The largest absolute Gasteiger partial charge is 0.206 e. The van der Waals surface area contributed by atoms with Gasteiger partial charge in [0.1, 0.15) is 5.82 Å². The van der Waals surface area contributed by atoms with E-state index in [9.17, 15) is 4.39 Å². The molecule has 1 aromatic carbocycles. The Bertz CT molecular complexity index is 474. The maximum atomic E-state index is 13.3. The molecule has 0 amide bonds. The van der Waals surface area contributed by atoms with Gasteiger partial charge in [0.05, 0.1) is 0 Å². The summed E-state index contributed by atoms with van der Waals surface area (Å²) in [6.07, 6.45) is 0. The molecule has 0 unspecified atom stereocenters. The van der Waals surface area contributed by atoms with Crippen LogP contribution in [-0.4, -0.2) is 10.2 Å². The second kappa shape index (κ2) is 4.08. The van der Waals surface area contributed by atoms with Gasteiger partial charge in [-0.25, -0.2) is 4.39 Å². The van der Waals surface area contributed by atoms with Crippen molar-refractivity contribution in [3.05, 3.63) is 32.1 Å².